The summed E-state index contributed by atoms with van der Waals surface area (Å²) in [6.07, 6.45) is 0. The van der Waals surface area contributed by atoms with Gasteiger partial charge in [-0.3, -0.25) is 0 Å². The van der Waals surface area contributed by atoms with E-state index in [1.165, 1.54) is 23.1 Å². The molecule has 26 heavy (non-hydrogen) atoms. The van der Waals surface area contributed by atoms with E-state index in [1.54, 1.807) is 19.2 Å². The number of para-hydroxylation sites is 2. The number of rotatable bonds is 8. The molecule has 0 saturated heterocycles. The van der Waals surface area contributed by atoms with Gasteiger partial charge in [0, 0.05) is 5.75 Å². The van der Waals surface area contributed by atoms with Crippen LogP contribution in [-0.4, -0.2) is 35.6 Å². The van der Waals surface area contributed by atoms with Crippen molar-refractivity contribution in [3.63, 3.8) is 0 Å². The first-order chi connectivity index (χ1) is 12.8. The summed E-state index contributed by atoms with van der Waals surface area (Å²) in [5.41, 5.74) is 1.39. The van der Waals surface area contributed by atoms with Crippen molar-refractivity contribution in [2.45, 2.75) is 4.34 Å². The molecular weight excluding hydrogens is 370 g/mol. The van der Waals surface area contributed by atoms with E-state index < -0.39 is 0 Å². The molecule has 0 bridgehead atoms. The Bertz CT molecular complexity index is 856. The highest BCUT2D eigenvalue weighted by Gasteiger charge is 2.09. The number of anilines is 2. The van der Waals surface area contributed by atoms with Crippen LogP contribution in [0.1, 0.15) is 10.4 Å². The van der Waals surface area contributed by atoms with Crippen LogP contribution >= 0.6 is 23.1 Å². The van der Waals surface area contributed by atoms with Crippen LogP contribution in [0.2, 0.25) is 0 Å². The van der Waals surface area contributed by atoms with Crippen molar-refractivity contribution in [3.05, 3.63) is 60.2 Å². The van der Waals surface area contributed by atoms with Crippen LogP contribution in [-0.2, 0) is 4.74 Å². The van der Waals surface area contributed by atoms with Crippen LogP contribution in [0.3, 0.4) is 0 Å². The summed E-state index contributed by atoms with van der Waals surface area (Å²) < 4.78 is 11.4. The normalized spacial score (nSPS) is 10.3. The highest BCUT2D eigenvalue weighted by atomic mass is 32.2. The Balaban J connectivity index is 1.46. The number of ether oxygens (including phenoxy) is 2. The fourth-order valence-electron chi connectivity index (χ4n) is 2.10. The van der Waals surface area contributed by atoms with E-state index in [0.717, 1.165) is 15.8 Å². The largest absolute Gasteiger partial charge is 0.495 e. The van der Waals surface area contributed by atoms with Gasteiger partial charge in [-0.15, -0.1) is 10.2 Å². The third-order valence-electron chi connectivity index (χ3n) is 3.31. The quantitative estimate of drug-likeness (QED) is 0.352. The number of methoxy groups -OCH3 is 1. The van der Waals surface area contributed by atoms with Gasteiger partial charge in [0.15, 0.2) is 4.34 Å². The van der Waals surface area contributed by atoms with Gasteiger partial charge in [-0.05, 0) is 24.3 Å². The molecule has 0 aliphatic heterocycles. The first kappa shape index (κ1) is 18.2. The predicted octanol–water partition coefficient (Wildman–Crippen LogP) is 4.24. The Morgan fingerprint density at radius 2 is 1.88 bits per heavy atom. The predicted molar refractivity (Wildman–Crippen MR) is 104 cm³/mol. The maximum Gasteiger partial charge on any atom is 0.338 e. The number of thioether (sulfide) groups is 1. The second-order valence-corrected chi connectivity index (χ2v) is 7.37. The third kappa shape index (κ3) is 4.96. The zero-order valence-electron chi connectivity index (χ0n) is 14.0. The lowest BCUT2D eigenvalue weighted by molar-refractivity contribution is 0.0530. The van der Waals surface area contributed by atoms with Crippen molar-refractivity contribution < 1.29 is 14.3 Å². The molecule has 6 nitrogen and oxygen atoms in total. The molecule has 1 N–H and O–H groups in total. The molecule has 8 heteroatoms. The molecule has 0 spiro atoms. The molecule has 2 aromatic carbocycles. The summed E-state index contributed by atoms with van der Waals surface area (Å²) in [4.78, 5) is 11.8. The smallest absolute Gasteiger partial charge is 0.338 e. The van der Waals surface area contributed by atoms with E-state index in [2.05, 4.69) is 15.5 Å². The van der Waals surface area contributed by atoms with Crippen molar-refractivity contribution in [2.75, 3.05) is 24.8 Å². The van der Waals surface area contributed by atoms with Crippen molar-refractivity contribution in [2.24, 2.45) is 0 Å². The molecule has 0 unspecified atom stereocenters. The van der Waals surface area contributed by atoms with Gasteiger partial charge in [0.05, 0.1) is 18.4 Å². The Labute approximate surface area is 159 Å². The minimum absolute atomic E-state index is 0.313. The SMILES string of the molecule is COc1ccccc1Nc1nnc(SCCOC(=O)c2ccccc2)s1. The molecule has 1 heterocycles. The molecule has 3 aromatic rings. The summed E-state index contributed by atoms with van der Waals surface area (Å²) in [5, 5.41) is 12.1. The Kier molecular flexibility index (Phi) is 6.45. The summed E-state index contributed by atoms with van der Waals surface area (Å²) in [7, 11) is 1.62. The molecule has 0 fully saturated rings. The molecular formula is C18H17N3O3S2. The Hall–Kier alpha value is -2.58. The van der Waals surface area contributed by atoms with Gasteiger partial charge >= 0.3 is 5.97 Å². The minimum Gasteiger partial charge on any atom is -0.495 e. The summed E-state index contributed by atoms with van der Waals surface area (Å²) >= 11 is 2.93. The number of benzene rings is 2. The molecule has 1 aromatic heterocycles. The molecule has 0 saturated carbocycles. The molecule has 0 amide bonds. The lowest BCUT2D eigenvalue weighted by atomic mass is 10.2. The number of nitrogens with one attached hydrogen (secondary N) is 1. The number of nitrogens with zero attached hydrogens (tertiary/aromatic N) is 2. The highest BCUT2D eigenvalue weighted by molar-refractivity contribution is 8.01. The van der Waals surface area contributed by atoms with Crippen molar-refractivity contribution in [1.29, 1.82) is 0 Å². The van der Waals surface area contributed by atoms with E-state index in [4.69, 9.17) is 9.47 Å². The standard InChI is InChI=1S/C18H17N3O3S2/c1-23-15-10-6-5-9-14(15)19-17-20-21-18(26-17)25-12-11-24-16(22)13-7-3-2-4-8-13/h2-10H,11-12H2,1H3,(H,19,20). The molecule has 0 atom stereocenters. The first-order valence-electron chi connectivity index (χ1n) is 7.85. The van der Waals surface area contributed by atoms with Crippen molar-refractivity contribution in [1.82, 2.24) is 10.2 Å². The van der Waals surface area contributed by atoms with Gasteiger partial charge < -0.3 is 14.8 Å². The number of hydrogen-bond acceptors (Lipinski definition) is 8. The van der Waals surface area contributed by atoms with E-state index in [0.29, 0.717) is 23.1 Å². The van der Waals surface area contributed by atoms with Gasteiger partial charge in [0.2, 0.25) is 5.13 Å². The van der Waals surface area contributed by atoms with E-state index >= 15 is 0 Å². The van der Waals surface area contributed by atoms with E-state index in [9.17, 15) is 4.79 Å². The number of carbonyl (C=O) groups is 1. The summed E-state index contributed by atoms with van der Waals surface area (Å²) in [5.74, 6) is 1.04. The Morgan fingerprint density at radius 3 is 2.69 bits per heavy atom. The van der Waals surface area contributed by atoms with Crippen LogP contribution < -0.4 is 10.1 Å². The molecule has 0 aliphatic rings. The monoisotopic (exact) mass is 387 g/mol. The van der Waals surface area contributed by atoms with Crippen LogP contribution in [0.25, 0.3) is 0 Å². The van der Waals surface area contributed by atoms with Crippen LogP contribution in [0.4, 0.5) is 10.8 Å². The zero-order valence-corrected chi connectivity index (χ0v) is 15.7. The van der Waals surface area contributed by atoms with Crippen molar-refractivity contribution in [3.8, 4) is 5.75 Å². The van der Waals surface area contributed by atoms with Gasteiger partial charge in [0.25, 0.3) is 0 Å². The van der Waals surface area contributed by atoms with E-state index in [-0.39, 0.29) is 5.97 Å². The van der Waals surface area contributed by atoms with Gasteiger partial charge in [0.1, 0.15) is 12.4 Å². The summed E-state index contributed by atoms with van der Waals surface area (Å²) in [6, 6.07) is 16.6. The van der Waals surface area contributed by atoms with Crippen LogP contribution in [0, 0.1) is 0 Å². The number of hydrogen-bond donors (Lipinski definition) is 1. The van der Waals surface area contributed by atoms with Gasteiger partial charge in [-0.2, -0.15) is 0 Å². The summed E-state index contributed by atoms with van der Waals surface area (Å²) in [6.45, 7) is 0.313. The highest BCUT2D eigenvalue weighted by Crippen LogP contribution is 2.31. The topological polar surface area (TPSA) is 73.3 Å². The molecule has 0 aliphatic carbocycles. The maximum atomic E-state index is 11.8. The third-order valence-corrected chi connectivity index (χ3v) is 5.24. The minimum atomic E-state index is -0.318. The lowest BCUT2D eigenvalue weighted by Gasteiger charge is -2.07. The fraction of sp³-hybridized carbons (Fsp3) is 0.167. The van der Waals surface area contributed by atoms with Gasteiger partial charge in [-0.1, -0.05) is 53.4 Å². The zero-order chi connectivity index (χ0) is 18.2. The Morgan fingerprint density at radius 1 is 1.12 bits per heavy atom. The second kappa shape index (κ2) is 9.21. The first-order valence-corrected chi connectivity index (χ1v) is 9.65. The van der Waals surface area contributed by atoms with Crippen LogP contribution in [0.5, 0.6) is 5.75 Å². The number of esters is 1. The van der Waals surface area contributed by atoms with Crippen LogP contribution in [0.15, 0.2) is 58.9 Å². The average molecular weight is 387 g/mol. The maximum absolute atomic E-state index is 11.8. The van der Waals surface area contributed by atoms with Gasteiger partial charge in [-0.25, -0.2) is 4.79 Å². The van der Waals surface area contributed by atoms with Crippen molar-refractivity contribution >= 4 is 39.9 Å². The second-order valence-electron chi connectivity index (χ2n) is 5.05. The van der Waals surface area contributed by atoms with E-state index in [1.807, 2.05) is 42.5 Å². The number of carbonyl (C=O) groups excluding carboxylic acids is 1. The molecule has 134 valence electrons. The lowest BCUT2D eigenvalue weighted by Crippen LogP contribution is -2.07. The average Bonchev–Trinajstić information content (AvgIpc) is 3.13. The number of aromatic nitrogens is 2. The molecule has 0 radical (unpaired) electrons. The fourth-order valence-corrected chi connectivity index (χ4v) is 3.75. The molecule has 3 rings (SSSR count).